The average molecular weight is 514 g/mol. The molecule has 0 aliphatic carbocycles. The molecule has 0 bridgehead atoms. The Bertz CT molecular complexity index is 1480. The number of fused-ring (bicyclic) bond motifs is 1. The second-order valence-electron chi connectivity index (χ2n) is 6.11. The van der Waals surface area contributed by atoms with Crippen molar-refractivity contribution in [2.45, 2.75) is 9.79 Å². The van der Waals surface area contributed by atoms with E-state index in [1.54, 1.807) is 0 Å². The summed E-state index contributed by atoms with van der Waals surface area (Å²) in [6.45, 7) is 0. The van der Waals surface area contributed by atoms with Crippen LogP contribution in [0.3, 0.4) is 0 Å². The van der Waals surface area contributed by atoms with E-state index in [1.165, 1.54) is 12.1 Å². The minimum Gasteiger partial charge on any atom is -0.505 e. The Morgan fingerprint density at radius 1 is 0.909 bits per heavy atom. The van der Waals surface area contributed by atoms with Gasteiger partial charge in [-0.05, 0) is 35.7 Å². The summed E-state index contributed by atoms with van der Waals surface area (Å²) in [7, 11) is -9.69. The van der Waals surface area contributed by atoms with Gasteiger partial charge in [-0.25, -0.2) is 0 Å². The van der Waals surface area contributed by atoms with Gasteiger partial charge in [0.15, 0.2) is 5.75 Å². The van der Waals surface area contributed by atoms with Crippen molar-refractivity contribution in [3.8, 4) is 5.75 Å². The largest absolute Gasteiger partial charge is 0.505 e. The SMILES string of the molecule is Nc1cc(S(=O)(=O)O)cc2cc(S(=O)(=O)O)c(N=Nc3ccc([N+](=O)[O-])cc3)c(O)c12.[Na].[Na]. The zero-order chi connectivity index (χ0) is 23.1. The second kappa shape index (κ2) is 10.7. The molecule has 0 aliphatic rings. The fourth-order valence-electron chi connectivity index (χ4n) is 2.68. The Morgan fingerprint density at radius 3 is 1.97 bits per heavy atom. The minimum absolute atomic E-state index is 0. The van der Waals surface area contributed by atoms with Crippen LogP contribution in [-0.4, -0.2) is 95.1 Å². The number of non-ortho nitro benzene ring substituents is 1. The Labute approximate surface area is 230 Å². The number of phenolic OH excluding ortho intramolecular Hbond substituents is 1. The summed E-state index contributed by atoms with van der Waals surface area (Å²) in [6, 6.07) is 7.12. The first-order chi connectivity index (χ1) is 14.3. The molecule has 0 spiro atoms. The van der Waals surface area contributed by atoms with Gasteiger partial charge in [0.2, 0.25) is 0 Å². The summed E-state index contributed by atoms with van der Waals surface area (Å²) >= 11 is 0. The predicted octanol–water partition coefficient (Wildman–Crippen LogP) is 2.18. The fourth-order valence-corrected chi connectivity index (χ4v) is 3.89. The summed E-state index contributed by atoms with van der Waals surface area (Å²) in [5.41, 5.74) is 4.53. The van der Waals surface area contributed by atoms with Crippen molar-refractivity contribution in [3.05, 3.63) is 52.6 Å². The topological polar surface area (TPSA) is 223 Å². The van der Waals surface area contributed by atoms with Gasteiger partial charge in [0, 0.05) is 82.3 Å². The van der Waals surface area contributed by atoms with Gasteiger partial charge >= 0.3 is 0 Å². The molecule has 0 saturated carbocycles. The van der Waals surface area contributed by atoms with Crippen LogP contribution in [0.15, 0.2) is 62.5 Å². The number of benzene rings is 3. The Balaban J connectivity index is 0.00000272. The van der Waals surface area contributed by atoms with E-state index in [1.807, 2.05) is 0 Å². The molecule has 0 unspecified atom stereocenters. The van der Waals surface area contributed by atoms with Crippen molar-refractivity contribution in [3.63, 3.8) is 0 Å². The Morgan fingerprint density at radius 2 is 1.48 bits per heavy atom. The monoisotopic (exact) mass is 514 g/mol. The van der Waals surface area contributed by atoms with Crippen LogP contribution in [-0.2, 0) is 20.2 Å². The number of nitrogen functional groups attached to an aromatic ring is 1. The van der Waals surface area contributed by atoms with Gasteiger partial charge in [0.1, 0.15) is 10.6 Å². The maximum absolute atomic E-state index is 11.8. The van der Waals surface area contributed by atoms with Gasteiger partial charge in [-0.1, -0.05) is 0 Å². The van der Waals surface area contributed by atoms with E-state index in [9.17, 15) is 41.2 Å². The van der Waals surface area contributed by atoms with Gasteiger partial charge in [0.25, 0.3) is 25.9 Å². The standard InChI is InChI=1S/C16H12N4O9S2.2Na/c17-12-7-11(30(24,25)26)5-8-6-13(31(27,28)29)15(16(21)14(8)12)19-18-9-1-3-10(4-2-9)20(22)23;;/h1-7,21H,17H2,(H,24,25,26)(H,27,28,29);;. The van der Waals surface area contributed by atoms with Crippen LogP contribution in [0.1, 0.15) is 0 Å². The first-order valence-electron chi connectivity index (χ1n) is 7.99. The zero-order valence-corrected chi connectivity index (χ0v) is 22.7. The maximum atomic E-state index is 11.8. The molecule has 0 atom stereocenters. The number of nitro groups is 1. The first kappa shape index (κ1) is 29.4. The number of hydrogen-bond donors (Lipinski definition) is 4. The van der Waals surface area contributed by atoms with Crippen molar-refractivity contribution in [2.24, 2.45) is 10.2 Å². The van der Waals surface area contributed by atoms with Crippen molar-refractivity contribution in [1.82, 2.24) is 0 Å². The van der Waals surface area contributed by atoms with E-state index in [0.717, 1.165) is 30.3 Å². The Kier molecular flexibility index (Phi) is 9.55. The number of nitrogens with zero attached hydrogens (tertiary/aromatic N) is 3. The van der Waals surface area contributed by atoms with Crippen LogP contribution in [0, 0.1) is 10.1 Å². The molecule has 0 amide bonds. The number of nitrogens with two attached hydrogens (primary N) is 1. The third-order valence-corrected chi connectivity index (χ3v) is 5.75. The van der Waals surface area contributed by atoms with E-state index in [4.69, 9.17) is 5.73 Å². The Hall–Kier alpha value is -1.66. The van der Waals surface area contributed by atoms with Gasteiger partial charge in [-0.2, -0.15) is 21.9 Å². The molecule has 3 rings (SSSR count). The number of azo groups is 1. The molecule has 3 aromatic rings. The summed E-state index contributed by atoms with van der Waals surface area (Å²) in [5.74, 6) is -0.838. The van der Waals surface area contributed by atoms with E-state index in [0.29, 0.717) is 0 Å². The first-order valence-corrected chi connectivity index (χ1v) is 10.9. The molecule has 164 valence electrons. The molecule has 0 heterocycles. The summed E-state index contributed by atoms with van der Waals surface area (Å²) < 4.78 is 65.1. The minimum atomic E-state index is -4.99. The number of aromatic hydroxyl groups is 1. The zero-order valence-electron chi connectivity index (χ0n) is 17.1. The maximum Gasteiger partial charge on any atom is 0.296 e. The van der Waals surface area contributed by atoms with Crippen LogP contribution in [0.25, 0.3) is 10.8 Å². The predicted molar refractivity (Wildman–Crippen MR) is 118 cm³/mol. The molecular weight excluding hydrogens is 502 g/mol. The molecule has 0 fully saturated rings. The number of rotatable bonds is 5. The number of phenols is 1. The van der Waals surface area contributed by atoms with Crippen molar-refractivity contribution < 1.29 is 36.0 Å². The quantitative estimate of drug-likeness (QED) is 0.0969. The molecular formula is C16H12N4Na2O9S2. The molecule has 33 heavy (non-hydrogen) atoms. The van der Waals surface area contributed by atoms with Gasteiger partial charge in [0.05, 0.1) is 15.5 Å². The van der Waals surface area contributed by atoms with Crippen LogP contribution in [0.5, 0.6) is 5.75 Å². The van der Waals surface area contributed by atoms with Gasteiger partial charge < -0.3 is 10.8 Å². The van der Waals surface area contributed by atoms with Crippen molar-refractivity contribution in [1.29, 1.82) is 0 Å². The smallest absolute Gasteiger partial charge is 0.296 e. The van der Waals surface area contributed by atoms with Gasteiger partial charge in [-0.15, -0.1) is 5.11 Å². The number of anilines is 1. The van der Waals surface area contributed by atoms with E-state index in [2.05, 4.69) is 10.2 Å². The average Bonchev–Trinajstić information content (AvgIpc) is 2.65. The summed E-state index contributed by atoms with van der Waals surface area (Å²) in [5, 5.41) is 28.1. The molecule has 3 aromatic carbocycles. The van der Waals surface area contributed by atoms with Gasteiger partial charge in [-0.3, -0.25) is 19.2 Å². The fraction of sp³-hybridized carbons (Fsp3) is 0. The van der Waals surface area contributed by atoms with Crippen LogP contribution < -0.4 is 5.73 Å². The molecule has 2 radical (unpaired) electrons. The van der Waals surface area contributed by atoms with E-state index in [-0.39, 0.29) is 86.9 Å². The van der Waals surface area contributed by atoms with Crippen molar-refractivity contribution in [2.75, 3.05) is 5.73 Å². The molecule has 0 aromatic heterocycles. The number of nitro benzene ring substituents is 1. The van der Waals surface area contributed by atoms with Crippen molar-refractivity contribution >= 4 is 113 Å². The van der Waals surface area contributed by atoms with Crippen LogP contribution in [0.4, 0.5) is 22.7 Å². The third kappa shape index (κ3) is 6.48. The normalized spacial score (nSPS) is 11.7. The second-order valence-corrected chi connectivity index (χ2v) is 8.92. The molecule has 17 heteroatoms. The number of hydrogen-bond acceptors (Lipinski definition) is 10. The van der Waals surface area contributed by atoms with Crippen LogP contribution in [0.2, 0.25) is 0 Å². The molecule has 0 saturated heterocycles. The van der Waals surface area contributed by atoms with E-state index < -0.39 is 46.4 Å². The molecule has 13 nitrogen and oxygen atoms in total. The summed E-state index contributed by atoms with van der Waals surface area (Å²) in [4.78, 5) is 8.46. The molecule has 0 aliphatic heterocycles. The third-order valence-electron chi connectivity index (χ3n) is 4.06. The van der Waals surface area contributed by atoms with E-state index >= 15 is 0 Å². The molecule has 5 N–H and O–H groups in total. The van der Waals surface area contributed by atoms with Crippen LogP contribution >= 0.6 is 0 Å². The summed E-state index contributed by atoms with van der Waals surface area (Å²) in [6.07, 6.45) is 0.